The van der Waals surface area contributed by atoms with Gasteiger partial charge in [0.05, 0.1) is 0 Å². The summed E-state index contributed by atoms with van der Waals surface area (Å²) in [4.78, 5) is 19.9. The molecule has 0 amide bonds. The van der Waals surface area contributed by atoms with Gasteiger partial charge in [0.2, 0.25) is 0 Å². The summed E-state index contributed by atoms with van der Waals surface area (Å²) >= 11 is 0.131. The van der Waals surface area contributed by atoms with E-state index >= 15 is 0 Å². The van der Waals surface area contributed by atoms with Crippen LogP contribution in [0.15, 0.2) is 158 Å². The van der Waals surface area contributed by atoms with E-state index in [9.17, 15) is 0 Å². The van der Waals surface area contributed by atoms with Gasteiger partial charge < -0.3 is 0 Å². The summed E-state index contributed by atoms with van der Waals surface area (Å²) in [7, 11) is 0. The second-order valence-electron chi connectivity index (χ2n) is 11.5. The average Bonchev–Trinajstić information content (AvgIpc) is 3.60. The van der Waals surface area contributed by atoms with Crippen LogP contribution < -0.4 is 0 Å². The van der Waals surface area contributed by atoms with E-state index in [-0.39, 0.29) is 14.5 Å². The number of aromatic nitrogens is 4. The number of hydrogen-bond acceptors (Lipinski definition) is 4. The molecule has 0 bridgehead atoms. The smallest absolute Gasteiger partial charge is 0.0512 e. The Morgan fingerprint density at radius 2 is 0.894 bits per heavy atom. The van der Waals surface area contributed by atoms with Crippen molar-refractivity contribution in [1.29, 1.82) is 0 Å². The molecular weight excluding hydrogens is 639 g/mol. The van der Waals surface area contributed by atoms with E-state index in [0.717, 1.165) is 27.6 Å². The monoisotopic (exact) mass is 666 g/mol. The number of hydrogen-bond donors (Lipinski definition) is 0. The first-order valence-corrected chi connectivity index (χ1v) is 17.3. The van der Waals surface area contributed by atoms with Gasteiger partial charge in [-0.05, 0) is 0 Å². The predicted molar refractivity (Wildman–Crippen MR) is 194 cm³/mol. The molecule has 2 heterocycles. The van der Waals surface area contributed by atoms with Gasteiger partial charge in [-0.1, -0.05) is 60.7 Å². The second-order valence-corrected chi connectivity index (χ2v) is 13.6. The molecule has 0 unspecified atom stereocenters. The Morgan fingerprint density at radius 1 is 0.362 bits per heavy atom. The van der Waals surface area contributed by atoms with Crippen molar-refractivity contribution in [1.82, 2.24) is 19.9 Å². The molecule has 0 radical (unpaired) electrons. The van der Waals surface area contributed by atoms with E-state index in [4.69, 9.17) is 19.9 Å². The van der Waals surface area contributed by atoms with E-state index in [0.29, 0.717) is 17.5 Å². The average molecular weight is 666 g/mol. The summed E-state index contributed by atoms with van der Waals surface area (Å²) in [6, 6.07) is 55.0. The third-order valence-electron chi connectivity index (χ3n) is 8.54. The maximum atomic E-state index is 5.05. The van der Waals surface area contributed by atoms with Crippen molar-refractivity contribution in [3.8, 4) is 55.4 Å². The Bertz CT molecular complexity index is 2500. The van der Waals surface area contributed by atoms with E-state index < -0.39 is 0 Å². The third kappa shape index (κ3) is 5.12. The zero-order chi connectivity index (χ0) is 31.2. The fourth-order valence-corrected chi connectivity index (χ4v) is 8.48. The van der Waals surface area contributed by atoms with Gasteiger partial charge >= 0.3 is 218 Å². The van der Waals surface area contributed by atoms with Gasteiger partial charge in [0.25, 0.3) is 0 Å². The fourth-order valence-electron chi connectivity index (χ4n) is 6.18. The Hall–Kier alpha value is -5.74. The molecule has 9 rings (SSSR count). The first-order valence-electron chi connectivity index (χ1n) is 15.6. The first kappa shape index (κ1) is 27.6. The minimum atomic E-state index is 0.131. The van der Waals surface area contributed by atoms with Gasteiger partial charge in [-0.25, -0.2) is 0 Å². The SMILES string of the molecule is c1ccc(-c2nc(-c3ccccc3)nc(-c3ccc4cccc(-c5ccc6ccc7nc(-c8ccccc8)[se]c7c6c5)c4c3)n2)cc1. The van der Waals surface area contributed by atoms with Crippen molar-refractivity contribution < 1.29 is 0 Å². The number of rotatable bonds is 5. The molecule has 0 aliphatic carbocycles. The standard InChI is InChI=1S/C42H26N4Se/c1-4-11-29(12-5-1)39-44-40(30-13-6-2-7-14-30)46-41(45-39)33-22-20-27-17-10-18-34(35(27)26-33)32-21-19-28-23-24-37-38(36(28)25-32)47-42(43-37)31-15-8-3-9-16-31/h1-26H. The molecule has 0 N–H and O–H groups in total. The minimum Gasteiger partial charge on any atom is -0.0615 e. The number of benzene rings is 7. The topological polar surface area (TPSA) is 51.6 Å². The molecule has 0 spiro atoms. The summed E-state index contributed by atoms with van der Waals surface area (Å²) in [5.41, 5.74) is 7.53. The van der Waals surface area contributed by atoms with E-state index in [2.05, 4.69) is 97.1 Å². The molecule has 0 fully saturated rings. The normalized spacial score (nSPS) is 11.4. The molecule has 0 saturated carbocycles. The van der Waals surface area contributed by atoms with Crippen molar-refractivity contribution in [2.75, 3.05) is 0 Å². The maximum absolute atomic E-state index is 5.05. The van der Waals surface area contributed by atoms with Gasteiger partial charge in [0.15, 0.2) is 0 Å². The molecule has 0 saturated heterocycles. The van der Waals surface area contributed by atoms with Gasteiger partial charge in [-0.2, -0.15) is 0 Å². The Morgan fingerprint density at radius 3 is 1.55 bits per heavy atom. The molecular formula is C42H26N4Se. The Labute approximate surface area is 277 Å². The molecule has 0 aliphatic rings. The molecule has 0 aliphatic heterocycles. The van der Waals surface area contributed by atoms with Gasteiger partial charge in [0.1, 0.15) is 0 Å². The van der Waals surface area contributed by atoms with Crippen molar-refractivity contribution >= 4 is 45.8 Å². The fraction of sp³-hybridized carbons (Fsp3) is 0. The molecule has 4 nitrogen and oxygen atoms in total. The zero-order valence-electron chi connectivity index (χ0n) is 25.2. The quantitative estimate of drug-likeness (QED) is 0.172. The molecule has 5 heteroatoms. The Kier molecular flexibility index (Phi) is 6.78. The van der Waals surface area contributed by atoms with Crippen molar-refractivity contribution in [3.05, 3.63) is 158 Å². The predicted octanol–water partition coefficient (Wildman–Crippen LogP) is 10.1. The van der Waals surface area contributed by atoms with Gasteiger partial charge in [0, 0.05) is 0 Å². The summed E-state index contributed by atoms with van der Waals surface area (Å²) < 4.78 is 2.53. The van der Waals surface area contributed by atoms with Gasteiger partial charge in [-0.3, -0.25) is 0 Å². The summed E-state index contributed by atoms with van der Waals surface area (Å²) in [5, 5.41) is 4.85. The van der Waals surface area contributed by atoms with Crippen LogP contribution in [0.5, 0.6) is 0 Å². The maximum Gasteiger partial charge on any atom is -0.0512 e. The zero-order valence-corrected chi connectivity index (χ0v) is 26.9. The van der Waals surface area contributed by atoms with E-state index in [1.165, 1.54) is 41.7 Å². The van der Waals surface area contributed by atoms with Crippen LogP contribution >= 0.6 is 0 Å². The van der Waals surface area contributed by atoms with Crippen LogP contribution in [0.25, 0.3) is 86.7 Å². The number of fused-ring (bicyclic) bond motifs is 4. The first-order chi connectivity index (χ1) is 23.3. The molecule has 7 aromatic carbocycles. The molecule has 0 atom stereocenters. The summed E-state index contributed by atoms with van der Waals surface area (Å²) in [6.45, 7) is 0. The largest absolute Gasteiger partial charge is 0.0615 e. The van der Waals surface area contributed by atoms with Gasteiger partial charge in [-0.15, -0.1) is 0 Å². The molecule has 220 valence electrons. The van der Waals surface area contributed by atoms with E-state index in [1.807, 2.05) is 60.7 Å². The van der Waals surface area contributed by atoms with Crippen LogP contribution in [0.3, 0.4) is 0 Å². The van der Waals surface area contributed by atoms with E-state index in [1.54, 1.807) is 0 Å². The Balaban J connectivity index is 1.20. The van der Waals surface area contributed by atoms with Crippen LogP contribution in [-0.4, -0.2) is 34.4 Å². The minimum absolute atomic E-state index is 0.131. The molecule has 9 aromatic rings. The molecule has 2 aromatic heterocycles. The van der Waals surface area contributed by atoms with Crippen LogP contribution in [0.1, 0.15) is 0 Å². The third-order valence-corrected chi connectivity index (χ3v) is 11.0. The van der Waals surface area contributed by atoms with Crippen molar-refractivity contribution in [2.24, 2.45) is 0 Å². The molecule has 47 heavy (non-hydrogen) atoms. The van der Waals surface area contributed by atoms with Crippen LogP contribution in [-0.2, 0) is 0 Å². The number of nitrogens with zero attached hydrogens (tertiary/aromatic N) is 4. The summed E-state index contributed by atoms with van der Waals surface area (Å²) in [6.07, 6.45) is 0. The second kappa shape index (κ2) is 11.6. The summed E-state index contributed by atoms with van der Waals surface area (Å²) in [5.74, 6) is 1.97. The van der Waals surface area contributed by atoms with Crippen molar-refractivity contribution in [2.45, 2.75) is 0 Å². The van der Waals surface area contributed by atoms with Crippen molar-refractivity contribution in [3.63, 3.8) is 0 Å². The van der Waals surface area contributed by atoms with Crippen LogP contribution in [0.4, 0.5) is 0 Å². The van der Waals surface area contributed by atoms with Crippen LogP contribution in [0, 0.1) is 0 Å². The van der Waals surface area contributed by atoms with Crippen LogP contribution in [0.2, 0.25) is 0 Å².